The van der Waals surface area contributed by atoms with E-state index < -0.39 is 23.7 Å². The lowest BCUT2D eigenvalue weighted by Crippen LogP contribution is -2.33. The van der Waals surface area contributed by atoms with Gasteiger partial charge in [-0.15, -0.1) is 0 Å². The number of aliphatic hydroxyl groups excluding tert-OH is 1. The van der Waals surface area contributed by atoms with Gasteiger partial charge in [-0.1, -0.05) is 41.9 Å². The van der Waals surface area contributed by atoms with Gasteiger partial charge in [0.05, 0.1) is 18.7 Å². The first-order valence-electron chi connectivity index (χ1n) is 11.7. The van der Waals surface area contributed by atoms with Gasteiger partial charge in [0.1, 0.15) is 11.5 Å². The number of hydrogen-bond donors (Lipinski definition) is 2. The first-order valence-corrected chi connectivity index (χ1v) is 12.5. The van der Waals surface area contributed by atoms with E-state index in [0.717, 1.165) is 24.1 Å². The van der Waals surface area contributed by atoms with Gasteiger partial charge in [-0.25, -0.2) is 4.79 Å². The Labute approximate surface area is 214 Å². The second-order valence-corrected chi connectivity index (χ2v) is 9.46. The lowest BCUT2D eigenvalue weighted by atomic mass is 9.94. The zero-order valence-corrected chi connectivity index (χ0v) is 22.4. The molecule has 0 bridgehead atoms. The first kappa shape index (κ1) is 26.7. The lowest BCUT2D eigenvalue weighted by Gasteiger charge is -2.27. The van der Waals surface area contributed by atoms with E-state index in [0.29, 0.717) is 35.3 Å². The Bertz CT molecular complexity index is 1170. The van der Waals surface area contributed by atoms with Crippen molar-refractivity contribution in [2.75, 3.05) is 33.3 Å². The number of Topliss-reactive ketones (excluding diaryl/α,β-unsaturated/α-hetero) is 1. The van der Waals surface area contributed by atoms with Gasteiger partial charge in [0.25, 0.3) is 11.7 Å². The third kappa shape index (κ3) is 5.21. The van der Waals surface area contributed by atoms with Crippen LogP contribution < -0.4 is 0 Å². The van der Waals surface area contributed by atoms with Gasteiger partial charge < -0.3 is 24.6 Å². The molecule has 1 aliphatic rings. The summed E-state index contributed by atoms with van der Waals surface area (Å²) in [5.74, 6) is -2.27. The summed E-state index contributed by atoms with van der Waals surface area (Å²) >= 11 is 3.47. The van der Waals surface area contributed by atoms with Crippen LogP contribution in [-0.4, -0.2) is 70.8 Å². The minimum Gasteiger partial charge on any atom is -0.507 e. The van der Waals surface area contributed by atoms with Crippen LogP contribution in [-0.2, 0) is 14.3 Å². The number of aromatic nitrogens is 1. The summed E-state index contributed by atoms with van der Waals surface area (Å²) in [6.07, 6.45) is 0.688. The van der Waals surface area contributed by atoms with Gasteiger partial charge in [-0.3, -0.25) is 9.59 Å². The first-order chi connectivity index (χ1) is 16.7. The number of carbonyl (C=O) groups excluding carboxylic acids is 3. The summed E-state index contributed by atoms with van der Waals surface area (Å²) in [6.45, 7) is 10.5. The Balaban J connectivity index is 2.12. The highest BCUT2D eigenvalue weighted by Gasteiger charge is 2.46. The van der Waals surface area contributed by atoms with Crippen molar-refractivity contribution in [2.24, 2.45) is 0 Å². The summed E-state index contributed by atoms with van der Waals surface area (Å²) in [5.41, 5.74) is 2.19. The minimum atomic E-state index is -0.750. The van der Waals surface area contributed by atoms with Crippen LogP contribution >= 0.6 is 15.9 Å². The molecule has 1 aliphatic heterocycles. The SMILES string of the molecule is CCN(CC)CCCN1C(=O)C(=O)/C(=C(/O)c2c(C)[nH]c(C(=O)OC)c2C)[C@H]1c1cccc(Br)c1. The maximum Gasteiger partial charge on any atom is 0.354 e. The van der Waals surface area contributed by atoms with Gasteiger partial charge in [-0.2, -0.15) is 0 Å². The summed E-state index contributed by atoms with van der Waals surface area (Å²) in [4.78, 5) is 45.4. The van der Waals surface area contributed by atoms with Gasteiger partial charge in [-0.05, 0) is 63.2 Å². The van der Waals surface area contributed by atoms with E-state index in [1.165, 1.54) is 12.0 Å². The second kappa shape index (κ2) is 11.2. The zero-order chi connectivity index (χ0) is 25.9. The second-order valence-electron chi connectivity index (χ2n) is 8.54. The number of ketones is 1. The van der Waals surface area contributed by atoms with Crippen LogP contribution in [0.25, 0.3) is 5.76 Å². The molecule has 1 aromatic heterocycles. The number of hydrogen-bond acceptors (Lipinski definition) is 6. The van der Waals surface area contributed by atoms with Gasteiger partial charge in [0, 0.05) is 22.3 Å². The maximum atomic E-state index is 13.3. The Hall–Kier alpha value is -2.91. The Morgan fingerprint density at radius 3 is 2.51 bits per heavy atom. The molecule has 3 rings (SSSR count). The van der Waals surface area contributed by atoms with Gasteiger partial charge in [0.2, 0.25) is 0 Å². The molecule has 2 heterocycles. The molecule has 0 unspecified atom stereocenters. The summed E-state index contributed by atoms with van der Waals surface area (Å²) in [6, 6.07) is 6.62. The van der Waals surface area contributed by atoms with Crippen molar-refractivity contribution < 1.29 is 24.2 Å². The van der Waals surface area contributed by atoms with E-state index >= 15 is 0 Å². The van der Waals surface area contributed by atoms with Gasteiger partial charge >= 0.3 is 5.97 Å². The maximum absolute atomic E-state index is 13.3. The number of aromatic amines is 1. The monoisotopic (exact) mass is 545 g/mol. The number of aryl methyl sites for hydroxylation is 1. The number of benzene rings is 1. The van der Waals surface area contributed by atoms with Crippen LogP contribution in [0.15, 0.2) is 34.3 Å². The van der Waals surface area contributed by atoms with Crippen molar-refractivity contribution in [3.63, 3.8) is 0 Å². The number of rotatable bonds is 9. The highest BCUT2D eigenvalue weighted by atomic mass is 79.9. The predicted octanol–water partition coefficient (Wildman–Crippen LogP) is 4.33. The number of halogens is 1. The molecule has 2 N–H and O–H groups in total. The number of nitrogens with one attached hydrogen (secondary N) is 1. The van der Waals surface area contributed by atoms with Crippen molar-refractivity contribution in [2.45, 2.75) is 40.2 Å². The molecule has 9 heteroatoms. The van der Waals surface area contributed by atoms with E-state index in [1.54, 1.807) is 13.8 Å². The predicted molar refractivity (Wildman–Crippen MR) is 137 cm³/mol. The molecule has 1 amide bonds. The van der Waals surface area contributed by atoms with Crippen LogP contribution in [0.4, 0.5) is 0 Å². The number of carbonyl (C=O) groups is 3. The molecule has 1 fully saturated rings. The number of amides is 1. The number of H-pyrrole nitrogens is 1. The van der Waals surface area contributed by atoms with Crippen LogP contribution in [0.3, 0.4) is 0 Å². The molecule has 8 nitrogen and oxygen atoms in total. The molecule has 0 radical (unpaired) electrons. The van der Waals surface area contributed by atoms with Gasteiger partial charge in [0.15, 0.2) is 0 Å². The molecule has 1 aromatic carbocycles. The Kier molecular flexibility index (Phi) is 8.56. The quantitative estimate of drug-likeness (QED) is 0.210. The molecular formula is C26H32BrN3O5. The zero-order valence-electron chi connectivity index (χ0n) is 20.8. The van der Waals surface area contributed by atoms with E-state index in [4.69, 9.17) is 4.74 Å². The van der Waals surface area contributed by atoms with Crippen molar-refractivity contribution in [3.05, 3.63) is 62.4 Å². The summed E-state index contributed by atoms with van der Waals surface area (Å²) < 4.78 is 5.62. The van der Waals surface area contributed by atoms with Crippen molar-refractivity contribution >= 4 is 39.3 Å². The van der Waals surface area contributed by atoms with Crippen LogP contribution in [0.5, 0.6) is 0 Å². The fraction of sp³-hybridized carbons (Fsp3) is 0.423. The summed E-state index contributed by atoms with van der Waals surface area (Å²) in [7, 11) is 1.27. The number of nitrogens with zero attached hydrogens (tertiary/aromatic N) is 2. The third-order valence-electron chi connectivity index (χ3n) is 6.54. The highest BCUT2D eigenvalue weighted by Crippen LogP contribution is 2.41. The van der Waals surface area contributed by atoms with Crippen LogP contribution in [0, 0.1) is 13.8 Å². The average molecular weight is 546 g/mol. The van der Waals surface area contributed by atoms with E-state index in [1.807, 2.05) is 24.3 Å². The molecule has 0 spiro atoms. The smallest absolute Gasteiger partial charge is 0.354 e. The van der Waals surface area contributed by atoms with E-state index in [9.17, 15) is 19.5 Å². The normalized spacial score (nSPS) is 17.5. The molecule has 1 atom stereocenters. The van der Waals surface area contributed by atoms with Crippen molar-refractivity contribution in [3.8, 4) is 0 Å². The number of likely N-dealkylation sites (tertiary alicyclic amines) is 1. The van der Waals surface area contributed by atoms with Crippen LogP contribution in [0.1, 0.15) is 59.2 Å². The highest BCUT2D eigenvalue weighted by molar-refractivity contribution is 9.10. The number of ether oxygens (including phenoxy) is 1. The molecule has 1 saturated heterocycles. The number of aliphatic hydroxyl groups is 1. The number of esters is 1. The van der Waals surface area contributed by atoms with Crippen LogP contribution in [0.2, 0.25) is 0 Å². The molecule has 2 aromatic rings. The topological polar surface area (TPSA) is 103 Å². The fourth-order valence-corrected chi connectivity index (χ4v) is 5.10. The van der Waals surface area contributed by atoms with E-state index in [-0.39, 0.29) is 17.0 Å². The minimum absolute atomic E-state index is 0.0116. The molecular weight excluding hydrogens is 514 g/mol. The Morgan fingerprint density at radius 2 is 1.91 bits per heavy atom. The standard InChI is InChI=1S/C26H32BrN3O5/c1-6-29(7-2)12-9-13-30-22(17-10-8-11-18(27)14-17)20(24(32)25(30)33)23(31)19-15(3)21(26(34)35-5)28-16(19)4/h8,10-11,14,22,28,31H,6-7,9,12-13H2,1-5H3/b23-20+/t22-/m1/s1. The largest absolute Gasteiger partial charge is 0.507 e. The van der Waals surface area contributed by atoms with Crippen molar-refractivity contribution in [1.29, 1.82) is 0 Å². The molecule has 188 valence electrons. The molecule has 0 aliphatic carbocycles. The molecule has 0 saturated carbocycles. The van der Waals surface area contributed by atoms with Crippen molar-refractivity contribution in [1.82, 2.24) is 14.8 Å². The average Bonchev–Trinajstić information content (AvgIpc) is 3.28. The number of methoxy groups -OCH3 is 1. The lowest BCUT2D eigenvalue weighted by molar-refractivity contribution is -0.140. The Morgan fingerprint density at radius 1 is 1.23 bits per heavy atom. The van der Waals surface area contributed by atoms with E-state index in [2.05, 4.69) is 39.7 Å². The molecule has 35 heavy (non-hydrogen) atoms. The summed E-state index contributed by atoms with van der Waals surface area (Å²) in [5, 5.41) is 11.4. The fourth-order valence-electron chi connectivity index (χ4n) is 4.68. The third-order valence-corrected chi connectivity index (χ3v) is 7.03.